The molecule has 1 N–H and O–H groups in total. The van der Waals surface area contributed by atoms with E-state index in [-0.39, 0.29) is 12.3 Å². The van der Waals surface area contributed by atoms with Gasteiger partial charge in [0.2, 0.25) is 0 Å². The van der Waals surface area contributed by atoms with Crippen LogP contribution in [-0.4, -0.2) is 30.8 Å². The van der Waals surface area contributed by atoms with Crippen LogP contribution in [0.4, 0.5) is 5.69 Å². The van der Waals surface area contributed by atoms with Crippen LogP contribution in [-0.2, 0) is 14.8 Å². The minimum Gasteiger partial charge on any atom is -0.384 e. The Balaban J connectivity index is 2.54. The first-order chi connectivity index (χ1) is 8.84. The monoisotopic (exact) mass is 279 g/mol. The minimum atomic E-state index is -3.70. The van der Waals surface area contributed by atoms with Gasteiger partial charge in [0, 0.05) is 5.56 Å². The third-order valence-electron chi connectivity index (χ3n) is 3.01. The molecular formula is C13H13NO4S. The van der Waals surface area contributed by atoms with Gasteiger partial charge < -0.3 is 5.11 Å². The van der Waals surface area contributed by atoms with Crippen LogP contribution in [0, 0.1) is 11.8 Å². The fraction of sp³-hybridized carbons (Fsp3) is 0.308. The smallest absolute Gasteiger partial charge is 0.263 e. The zero-order valence-electron chi connectivity index (χ0n) is 10.5. The number of carbonyl (C=O) groups excluding carboxylic acids is 1. The van der Waals surface area contributed by atoms with Gasteiger partial charge in [-0.1, -0.05) is 24.0 Å². The predicted octanol–water partition coefficient (Wildman–Crippen LogP) is 0.485. The van der Waals surface area contributed by atoms with Crippen LogP contribution in [0.25, 0.3) is 0 Å². The molecule has 0 unspecified atom stereocenters. The Morgan fingerprint density at radius 1 is 1.32 bits per heavy atom. The van der Waals surface area contributed by atoms with Crippen LogP contribution in [0.5, 0.6) is 0 Å². The minimum absolute atomic E-state index is 0.229. The van der Waals surface area contributed by atoms with Crippen LogP contribution in [0.3, 0.4) is 0 Å². The number of amides is 1. The molecule has 0 aliphatic carbocycles. The van der Waals surface area contributed by atoms with E-state index in [9.17, 15) is 13.2 Å². The molecule has 5 nitrogen and oxygen atoms in total. The average Bonchev–Trinajstić information content (AvgIpc) is 2.37. The molecule has 0 atom stereocenters. The fourth-order valence-electron chi connectivity index (χ4n) is 1.78. The molecule has 1 saturated heterocycles. The van der Waals surface area contributed by atoms with E-state index in [0.29, 0.717) is 5.56 Å². The zero-order valence-corrected chi connectivity index (χ0v) is 11.4. The fourth-order valence-corrected chi connectivity index (χ4v) is 3.28. The summed E-state index contributed by atoms with van der Waals surface area (Å²) in [6.07, 6.45) is 0. The second-order valence-electron chi connectivity index (χ2n) is 4.56. The molecule has 100 valence electrons. The van der Waals surface area contributed by atoms with Gasteiger partial charge in [-0.3, -0.25) is 4.79 Å². The van der Waals surface area contributed by atoms with Gasteiger partial charge in [-0.05, 0) is 26.0 Å². The lowest BCUT2D eigenvalue weighted by Gasteiger charge is -2.43. The molecule has 1 aromatic carbocycles. The summed E-state index contributed by atoms with van der Waals surface area (Å²) in [4.78, 5) is 12.0. The molecule has 1 amide bonds. The summed E-state index contributed by atoms with van der Waals surface area (Å²) in [5, 5.41) is 8.69. The van der Waals surface area contributed by atoms with E-state index in [2.05, 4.69) is 11.8 Å². The van der Waals surface area contributed by atoms with Crippen molar-refractivity contribution in [3.63, 3.8) is 0 Å². The summed E-state index contributed by atoms with van der Waals surface area (Å²) in [5.41, 5.74) is 0.622. The Kier molecular flexibility index (Phi) is 3.12. The van der Waals surface area contributed by atoms with Crippen molar-refractivity contribution in [3.8, 4) is 11.8 Å². The normalized spacial score (nSPS) is 19.3. The summed E-state index contributed by atoms with van der Waals surface area (Å²) in [6.45, 7) is 2.42. The van der Waals surface area contributed by atoms with Crippen LogP contribution >= 0.6 is 0 Å². The quantitative estimate of drug-likeness (QED) is 0.759. The molecule has 0 saturated carbocycles. The summed E-state index contributed by atoms with van der Waals surface area (Å²) in [7, 11) is -3.70. The van der Waals surface area contributed by atoms with Crippen molar-refractivity contribution in [3.05, 3.63) is 29.8 Å². The number of sulfonamides is 1. The van der Waals surface area contributed by atoms with Crippen LogP contribution < -0.4 is 4.31 Å². The lowest BCUT2D eigenvalue weighted by Crippen LogP contribution is -2.67. The first kappa shape index (κ1) is 13.6. The predicted molar refractivity (Wildman–Crippen MR) is 70.9 cm³/mol. The number of benzene rings is 1. The van der Waals surface area contributed by atoms with E-state index in [0.717, 1.165) is 4.31 Å². The van der Waals surface area contributed by atoms with E-state index in [1.54, 1.807) is 18.2 Å². The van der Waals surface area contributed by atoms with Crippen molar-refractivity contribution < 1.29 is 18.3 Å². The Labute approximate surface area is 111 Å². The zero-order chi connectivity index (χ0) is 14.3. The van der Waals surface area contributed by atoms with Gasteiger partial charge in [0.25, 0.3) is 15.9 Å². The third kappa shape index (κ3) is 1.82. The first-order valence-corrected chi connectivity index (χ1v) is 7.06. The summed E-state index contributed by atoms with van der Waals surface area (Å²) in [5.74, 6) is 4.60. The number of hydrogen-bond donors (Lipinski definition) is 1. The maximum Gasteiger partial charge on any atom is 0.263 e. The number of anilines is 1. The largest absolute Gasteiger partial charge is 0.384 e. The Morgan fingerprint density at radius 3 is 2.53 bits per heavy atom. The Bertz CT molecular complexity index is 695. The second-order valence-corrected chi connectivity index (χ2v) is 6.90. The summed E-state index contributed by atoms with van der Waals surface area (Å²) in [6, 6.07) is 6.44. The Hall–Kier alpha value is -1.84. The lowest BCUT2D eigenvalue weighted by atomic mass is 10.1. The van der Waals surface area contributed by atoms with E-state index in [4.69, 9.17) is 5.11 Å². The molecule has 19 heavy (non-hydrogen) atoms. The molecule has 2 rings (SSSR count). The molecule has 1 aliphatic rings. The highest BCUT2D eigenvalue weighted by atomic mass is 32.2. The molecular weight excluding hydrogens is 266 g/mol. The second kappa shape index (κ2) is 4.37. The van der Waals surface area contributed by atoms with Crippen LogP contribution in [0.1, 0.15) is 19.4 Å². The highest BCUT2D eigenvalue weighted by molar-refractivity contribution is 7.98. The van der Waals surface area contributed by atoms with Crippen molar-refractivity contribution in [1.29, 1.82) is 0 Å². The molecule has 1 fully saturated rings. The number of hydrogen-bond acceptors (Lipinski definition) is 4. The molecule has 0 aromatic heterocycles. The third-order valence-corrected chi connectivity index (χ3v) is 5.32. The molecule has 1 aromatic rings. The number of para-hydroxylation sites is 1. The van der Waals surface area contributed by atoms with Crippen LogP contribution in [0.15, 0.2) is 24.3 Å². The van der Waals surface area contributed by atoms with Crippen molar-refractivity contribution in [2.24, 2.45) is 0 Å². The van der Waals surface area contributed by atoms with Crippen molar-refractivity contribution in [2.75, 3.05) is 10.9 Å². The van der Waals surface area contributed by atoms with Gasteiger partial charge in [0.1, 0.15) is 6.61 Å². The maximum absolute atomic E-state index is 12.1. The number of nitrogens with zero attached hydrogens (tertiary/aromatic N) is 1. The van der Waals surface area contributed by atoms with E-state index in [1.165, 1.54) is 19.9 Å². The highest BCUT2D eigenvalue weighted by Crippen LogP contribution is 2.40. The van der Waals surface area contributed by atoms with Crippen LogP contribution in [0.2, 0.25) is 0 Å². The van der Waals surface area contributed by atoms with Gasteiger partial charge in [-0.25, -0.2) is 12.7 Å². The number of carbonyl (C=O) groups is 1. The standard InChI is InChI=1S/C13H13NO4S/c1-13(2)12(16)14(19(13,17)18)11-8-4-3-6-10(11)7-5-9-15/h3-4,6,8,15H,9H2,1-2H3. The number of rotatable bonds is 1. The molecule has 1 heterocycles. The molecule has 1 aliphatic heterocycles. The average molecular weight is 279 g/mol. The summed E-state index contributed by atoms with van der Waals surface area (Å²) >= 11 is 0. The van der Waals surface area contributed by atoms with Crippen molar-refractivity contribution in [2.45, 2.75) is 18.6 Å². The van der Waals surface area contributed by atoms with E-state index in [1.807, 2.05) is 0 Å². The van der Waals surface area contributed by atoms with Gasteiger partial charge in [0.05, 0.1) is 5.69 Å². The molecule has 0 radical (unpaired) electrons. The van der Waals surface area contributed by atoms with Gasteiger partial charge in [-0.15, -0.1) is 0 Å². The molecule has 0 spiro atoms. The van der Waals surface area contributed by atoms with Crippen molar-refractivity contribution >= 4 is 21.6 Å². The molecule has 0 bridgehead atoms. The number of aliphatic hydroxyl groups is 1. The van der Waals surface area contributed by atoms with E-state index < -0.39 is 20.7 Å². The van der Waals surface area contributed by atoms with E-state index >= 15 is 0 Å². The summed E-state index contributed by atoms with van der Waals surface area (Å²) < 4.78 is 23.6. The molecule has 6 heteroatoms. The van der Waals surface area contributed by atoms with Crippen molar-refractivity contribution in [1.82, 2.24) is 0 Å². The topological polar surface area (TPSA) is 74.7 Å². The SMILES string of the molecule is CC1(C)C(=O)N(c2ccccc2C#CCO)S1(=O)=O. The van der Waals surface area contributed by atoms with Gasteiger partial charge in [0.15, 0.2) is 4.75 Å². The Morgan fingerprint density at radius 2 is 1.95 bits per heavy atom. The lowest BCUT2D eigenvalue weighted by molar-refractivity contribution is -0.120. The maximum atomic E-state index is 12.1. The highest BCUT2D eigenvalue weighted by Gasteiger charge is 2.61. The van der Waals surface area contributed by atoms with Gasteiger partial charge in [-0.2, -0.15) is 0 Å². The number of aliphatic hydroxyl groups excluding tert-OH is 1. The first-order valence-electron chi connectivity index (χ1n) is 5.62. The van der Waals surface area contributed by atoms with Gasteiger partial charge >= 0.3 is 0 Å².